The van der Waals surface area contributed by atoms with Crippen molar-refractivity contribution in [2.24, 2.45) is 0 Å². The lowest BCUT2D eigenvalue weighted by atomic mass is 10.1. The Hall–Kier alpha value is -1.97. The van der Waals surface area contributed by atoms with E-state index < -0.39 is 0 Å². The number of ketones is 1. The van der Waals surface area contributed by atoms with E-state index in [1.807, 2.05) is 0 Å². The minimum Gasteiger partial charge on any atom is -0.497 e. The zero-order valence-corrected chi connectivity index (χ0v) is 13.6. The molecular formula is C17H14Cl2O3. The molecule has 2 aromatic rings. The maximum atomic E-state index is 12.2. The van der Waals surface area contributed by atoms with E-state index in [2.05, 4.69) is 0 Å². The molecule has 2 rings (SSSR count). The van der Waals surface area contributed by atoms with Crippen molar-refractivity contribution >= 4 is 35.1 Å². The lowest BCUT2D eigenvalue weighted by Crippen LogP contribution is -1.95. The van der Waals surface area contributed by atoms with Crippen LogP contribution in [0.1, 0.15) is 15.9 Å². The third kappa shape index (κ3) is 3.81. The summed E-state index contributed by atoms with van der Waals surface area (Å²) < 4.78 is 10.4. The molecule has 0 aliphatic heterocycles. The van der Waals surface area contributed by atoms with Crippen LogP contribution in [0.3, 0.4) is 0 Å². The molecule has 3 nitrogen and oxygen atoms in total. The number of carbonyl (C=O) groups is 1. The molecule has 0 saturated carbocycles. The molecule has 0 atom stereocenters. The van der Waals surface area contributed by atoms with Gasteiger partial charge in [-0.1, -0.05) is 23.2 Å². The lowest BCUT2D eigenvalue weighted by molar-refractivity contribution is 0.104. The summed E-state index contributed by atoms with van der Waals surface area (Å²) in [6.45, 7) is 0. The molecule has 0 aliphatic carbocycles. The quantitative estimate of drug-likeness (QED) is 0.575. The first-order chi connectivity index (χ1) is 10.5. The Balaban J connectivity index is 2.27. The van der Waals surface area contributed by atoms with Crippen LogP contribution in [-0.4, -0.2) is 20.0 Å². The second-order valence-electron chi connectivity index (χ2n) is 4.43. The first-order valence-corrected chi connectivity index (χ1v) is 7.20. The van der Waals surface area contributed by atoms with Crippen LogP contribution in [0.25, 0.3) is 6.08 Å². The molecule has 0 fully saturated rings. The van der Waals surface area contributed by atoms with Gasteiger partial charge in [0.05, 0.1) is 24.3 Å². The van der Waals surface area contributed by atoms with E-state index in [1.54, 1.807) is 56.7 Å². The fourth-order valence-electron chi connectivity index (χ4n) is 1.88. The van der Waals surface area contributed by atoms with Crippen LogP contribution < -0.4 is 9.47 Å². The van der Waals surface area contributed by atoms with E-state index in [4.69, 9.17) is 32.7 Å². The summed E-state index contributed by atoms with van der Waals surface area (Å²) in [5, 5.41) is 0.761. The van der Waals surface area contributed by atoms with Crippen molar-refractivity contribution in [2.75, 3.05) is 14.2 Å². The highest BCUT2D eigenvalue weighted by Crippen LogP contribution is 2.26. The van der Waals surface area contributed by atoms with Crippen molar-refractivity contribution in [3.8, 4) is 11.5 Å². The van der Waals surface area contributed by atoms with E-state index in [0.717, 1.165) is 5.56 Å². The molecule has 0 heterocycles. The molecule has 0 amide bonds. The highest BCUT2D eigenvalue weighted by atomic mass is 35.5. The number of allylic oxidation sites excluding steroid dienone is 1. The van der Waals surface area contributed by atoms with Crippen molar-refractivity contribution in [2.45, 2.75) is 0 Å². The maximum absolute atomic E-state index is 12.2. The van der Waals surface area contributed by atoms with Crippen LogP contribution >= 0.6 is 23.2 Å². The van der Waals surface area contributed by atoms with E-state index in [0.29, 0.717) is 27.1 Å². The molecule has 0 aromatic heterocycles. The second kappa shape index (κ2) is 7.34. The van der Waals surface area contributed by atoms with Crippen molar-refractivity contribution in [3.05, 3.63) is 63.6 Å². The molecule has 0 unspecified atom stereocenters. The number of hydrogen-bond donors (Lipinski definition) is 0. The van der Waals surface area contributed by atoms with Crippen LogP contribution in [-0.2, 0) is 0 Å². The fraction of sp³-hybridized carbons (Fsp3) is 0.118. The molecule has 22 heavy (non-hydrogen) atoms. The average molecular weight is 337 g/mol. The van der Waals surface area contributed by atoms with E-state index >= 15 is 0 Å². The smallest absolute Gasteiger partial charge is 0.185 e. The number of ether oxygens (including phenoxy) is 2. The molecule has 0 radical (unpaired) electrons. The van der Waals surface area contributed by atoms with Gasteiger partial charge in [0.2, 0.25) is 0 Å². The highest BCUT2D eigenvalue weighted by molar-refractivity contribution is 6.42. The normalized spacial score (nSPS) is 10.7. The molecule has 2 aromatic carbocycles. The topological polar surface area (TPSA) is 35.5 Å². The molecule has 0 bridgehead atoms. The zero-order valence-electron chi connectivity index (χ0n) is 12.1. The van der Waals surface area contributed by atoms with Crippen LogP contribution in [0.2, 0.25) is 10.0 Å². The molecule has 0 aliphatic rings. The summed E-state index contributed by atoms with van der Waals surface area (Å²) in [5.41, 5.74) is 1.21. The van der Waals surface area contributed by atoms with Gasteiger partial charge in [0.15, 0.2) is 5.78 Å². The first-order valence-electron chi connectivity index (χ1n) is 6.44. The van der Waals surface area contributed by atoms with Gasteiger partial charge in [-0.3, -0.25) is 4.79 Å². The van der Waals surface area contributed by atoms with E-state index in [9.17, 15) is 4.79 Å². The Labute approximate surface area is 139 Å². The SMILES string of the molecule is COc1ccc(OC)c(C=CC(=O)c2ccc(Cl)c(Cl)c2)c1. The third-order valence-corrected chi connectivity index (χ3v) is 3.79. The summed E-state index contributed by atoms with van der Waals surface area (Å²) in [4.78, 5) is 12.2. The Morgan fingerprint density at radius 1 is 1.00 bits per heavy atom. The average Bonchev–Trinajstić information content (AvgIpc) is 2.54. The number of hydrogen-bond acceptors (Lipinski definition) is 3. The van der Waals surface area contributed by atoms with Gasteiger partial charge in [-0.15, -0.1) is 0 Å². The van der Waals surface area contributed by atoms with Gasteiger partial charge in [-0.25, -0.2) is 0 Å². The molecule has 0 N–H and O–H groups in total. The first kappa shape index (κ1) is 16.4. The summed E-state index contributed by atoms with van der Waals surface area (Å²) in [6.07, 6.45) is 3.13. The van der Waals surface area contributed by atoms with Crippen LogP contribution in [0, 0.1) is 0 Å². The molecule has 114 valence electrons. The summed E-state index contributed by atoms with van der Waals surface area (Å²) in [6, 6.07) is 10.1. The largest absolute Gasteiger partial charge is 0.497 e. The molecule has 0 spiro atoms. The predicted molar refractivity (Wildman–Crippen MR) is 89.4 cm³/mol. The van der Waals surface area contributed by atoms with E-state index in [-0.39, 0.29) is 5.78 Å². The minimum absolute atomic E-state index is 0.177. The zero-order chi connectivity index (χ0) is 16.1. The Morgan fingerprint density at radius 2 is 1.77 bits per heavy atom. The van der Waals surface area contributed by atoms with Crippen LogP contribution in [0.15, 0.2) is 42.5 Å². The number of methoxy groups -OCH3 is 2. The summed E-state index contributed by atoms with van der Waals surface area (Å²) >= 11 is 11.8. The molecule has 5 heteroatoms. The Bertz CT molecular complexity index is 724. The second-order valence-corrected chi connectivity index (χ2v) is 5.25. The fourth-order valence-corrected chi connectivity index (χ4v) is 2.18. The van der Waals surface area contributed by atoms with Gasteiger partial charge < -0.3 is 9.47 Å². The Kier molecular flexibility index (Phi) is 5.47. The maximum Gasteiger partial charge on any atom is 0.185 e. The van der Waals surface area contributed by atoms with Crippen molar-refractivity contribution in [3.63, 3.8) is 0 Å². The predicted octanol–water partition coefficient (Wildman–Crippen LogP) is 4.91. The summed E-state index contributed by atoms with van der Waals surface area (Å²) in [5.74, 6) is 1.16. The minimum atomic E-state index is -0.177. The highest BCUT2D eigenvalue weighted by Gasteiger charge is 2.07. The third-order valence-electron chi connectivity index (χ3n) is 3.06. The number of benzene rings is 2. The van der Waals surface area contributed by atoms with Gasteiger partial charge in [0, 0.05) is 11.1 Å². The van der Waals surface area contributed by atoms with Gasteiger partial charge in [0.25, 0.3) is 0 Å². The van der Waals surface area contributed by atoms with Crippen molar-refractivity contribution < 1.29 is 14.3 Å². The van der Waals surface area contributed by atoms with Crippen LogP contribution in [0.4, 0.5) is 0 Å². The lowest BCUT2D eigenvalue weighted by Gasteiger charge is -2.07. The van der Waals surface area contributed by atoms with Gasteiger partial charge in [-0.2, -0.15) is 0 Å². The summed E-state index contributed by atoms with van der Waals surface area (Å²) in [7, 11) is 3.15. The van der Waals surface area contributed by atoms with Crippen molar-refractivity contribution in [1.29, 1.82) is 0 Å². The molecule has 0 saturated heterocycles. The Morgan fingerprint density at radius 3 is 2.41 bits per heavy atom. The molecular weight excluding hydrogens is 323 g/mol. The van der Waals surface area contributed by atoms with Crippen LogP contribution in [0.5, 0.6) is 11.5 Å². The van der Waals surface area contributed by atoms with Gasteiger partial charge in [0.1, 0.15) is 11.5 Å². The van der Waals surface area contributed by atoms with Gasteiger partial charge >= 0.3 is 0 Å². The number of carbonyl (C=O) groups excluding carboxylic acids is 1. The standard InChI is InChI=1S/C17H14Cl2O3/c1-21-13-5-8-17(22-2)12(9-13)4-7-16(20)11-3-6-14(18)15(19)10-11/h3-10H,1-2H3. The number of rotatable bonds is 5. The van der Waals surface area contributed by atoms with E-state index in [1.165, 1.54) is 6.08 Å². The van der Waals surface area contributed by atoms with Gasteiger partial charge in [-0.05, 0) is 48.6 Å². The number of halogens is 2. The monoisotopic (exact) mass is 336 g/mol. The van der Waals surface area contributed by atoms with Crippen molar-refractivity contribution in [1.82, 2.24) is 0 Å².